The summed E-state index contributed by atoms with van der Waals surface area (Å²) < 4.78 is 11.7. The molecule has 0 heterocycles. The Kier molecular flexibility index (Phi) is 11.8. The van der Waals surface area contributed by atoms with E-state index in [9.17, 15) is 4.79 Å². The van der Waals surface area contributed by atoms with Gasteiger partial charge in [0, 0.05) is 12.2 Å². The number of nitrogens with one attached hydrogen (secondary N) is 1. The molecular weight excluding hydrogens is 462 g/mol. The third kappa shape index (κ3) is 9.47. The van der Waals surface area contributed by atoms with Gasteiger partial charge in [-0.05, 0) is 66.8 Å². The van der Waals surface area contributed by atoms with Crippen LogP contribution in [0.25, 0.3) is 0 Å². The number of unbranched alkanes of at least 4 members (excludes halogenated alkanes) is 2. The Hall–Kier alpha value is -3.51. The second-order valence-corrected chi connectivity index (χ2v) is 9.18. The molecule has 3 aromatic rings. The van der Waals surface area contributed by atoms with Crippen LogP contribution in [0.5, 0.6) is 11.5 Å². The smallest absolute Gasteiger partial charge is 0.320 e. The molecule has 0 spiro atoms. The summed E-state index contributed by atoms with van der Waals surface area (Å²) in [6.45, 7) is 6.27. The molecule has 0 aliphatic heterocycles. The zero-order valence-corrected chi connectivity index (χ0v) is 22.2. The van der Waals surface area contributed by atoms with Crippen molar-refractivity contribution in [3.63, 3.8) is 0 Å². The van der Waals surface area contributed by atoms with Gasteiger partial charge in [0.05, 0.1) is 12.8 Å². The first-order valence-corrected chi connectivity index (χ1v) is 13.4. The van der Waals surface area contributed by atoms with Crippen molar-refractivity contribution >= 4 is 11.7 Å². The van der Waals surface area contributed by atoms with E-state index in [0.29, 0.717) is 6.61 Å². The molecule has 3 N–H and O–H groups in total. The first kappa shape index (κ1) is 28.1. The zero-order chi connectivity index (χ0) is 26.3. The summed E-state index contributed by atoms with van der Waals surface area (Å²) in [4.78, 5) is 14.2. The van der Waals surface area contributed by atoms with Crippen molar-refractivity contribution in [3.8, 4) is 11.5 Å². The van der Waals surface area contributed by atoms with E-state index in [1.807, 2.05) is 66.7 Å². The van der Waals surface area contributed by atoms with Gasteiger partial charge in [-0.15, -0.1) is 0 Å². The van der Waals surface area contributed by atoms with Crippen LogP contribution in [0.4, 0.5) is 10.5 Å². The van der Waals surface area contributed by atoms with Crippen molar-refractivity contribution < 1.29 is 14.3 Å². The van der Waals surface area contributed by atoms with Crippen LogP contribution in [0, 0.1) is 0 Å². The Labute approximate surface area is 221 Å². The van der Waals surface area contributed by atoms with E-state index in [2.05, 4.69) is 31.3 Å². The highest BCUT2D eigenvalue weighted by Crippen LogP contribution is 2.23. The summed E-state index contributed by atoms with van der Waals surface area (Å²) in [6.07, 6.45) is 5.68. The normalized spacial score (nSPS) is 11.6. The maximum Gasteiger partial charge on any atom is 0.320 e. The molecule has 2 amide bonds. The molecule has 3 rings (SSSR count). The number of amides is 2. The highest BCUT2D eigenvalue weighted by atomic mass is 16.5. The lowest BCUT2D eigenvalue weighted by Crippen LogP contribution is -2.51. The average Bonchev–Trinajstić information content (AvgIpc) is 2.92. The van der Waals surface area contributed by atoms with Gasteiger partial charge in [0.2, 0.25) is 0 Å². The molecule has 1 atom stereocenters. The van der Waals surface area contributed by atoms with Gasteiger partial charge in [-0.2, -0.15) is 0 Å². The Morgan fingerprint density at radius 1 is 0.838 bits per heavy atom. The van der Waals surface area contributed by atoms with Gasteiger partial charge in [-0.1, -0.05) is 75.6 Å². The fourth-order valence-corrected chi connectivity index (χ4v) is 4.09. The van der Waals surface area contributed by atoms with Crippen LogP contribution < -0.4 is 25.4 Å². The summed E-state index contributed by atoms with van der Waals surface area (Å²) in [5, 5.41) is 3.56. The largest absolute Gasteiger partial charge is 0.494 e. The van der Waals surface area contributed by atoms with Crippen molar-refractivity contribution in [2.45, 2.75) is 65.1 Å². The quantitative estimate of drug-likeness (QED) is 0.169. The number of hydrogen-bond acceptors (Lipinski definition) is 4. The first-order valence-electron chi connectivity index (χ1n) is 13.4. The van der Waals surface area contributed by atoms with Gasteiger partial charge >= 0.3 is 6.03 Å². The third-order valence-electron chi connectivity index (χ3n) is 6.23. The highest BCUT2D eigenvalue weighted by Gasteiger charge is 2.23. The molecule has 0 aromatic heterocycles. The van der Waals surface area contributed by atoms with Crippen molar-refractivity contribution in [3.05, 3.63) is 90.0 Å². The van der Waals surface area contributed by atoms with E-state index in [-0.39, 0.29) is 6.17 Å². The zero-order valence-electron chi connectivity index (χ0n) is 22.2. The van der Waals surface area contributed by atoms with Crippen molar-refractivity contribution in [1.82, 2.24) is 5.32 Å². The highest BCUT2D eigenvalue weighted by molar-refractivity contribution is 5.91. The van der Waals surface area contributed by atoms with E-state index in [0.717, 1.165) is 74.4 Å². The SMILES string of the molecule is CCCCOc1ccc(CCNC(CCCC)N(C(N)=O)c2ccc(OCc3ccccc3)cc2)cc1. The standard InChI is InChI=1S/C31H41N3O3/c1-3-5-12-30(33-22-21-25-13-17-28(18-14-25)36-23-6-4-2)34(31(32)35)27-15-19-29(20-16-27)37-24-26-10-8-7-9-11-26/h7-11,13-20,30,33H,3-6,12,21-24H2,1-2H3,(H2,32,35). The summed E-state index contributed by atoms with van der Waals surface area (Å²) in [7, 11) is 0. The minimum absolute atomic E-state index is 0.190. The van der Waals surface area contributed by atoms with Gasteiger partial charge in [-0.25, -0.2) is 4.79 Å². The first-order chi connectivity index (χ1) is 18.1. The number of rotatable bonds is 16. The van der Waals surface area contributed by atoms with Crippen LogP contribution in [-0.2, 0) is 13.0 Å². The van der Waals surface area contributed by atoms with Gasteiger partial charge in [0.1, 0.15) is 18.1 Å². The number of benzene rings is 3. The van der Waals surface area contributed by atoms with Crippen LogP contribution in [0.1, 0.15) is 57.1 Å². The third-order valence-corrected chi connectivity index (χ3v) is 6.23. The number of nitrogens with two attached hydrogens (primary N) is 1. The lowest BCUT2D eigenvalue weighted by molar-refractivity contribution is 0.249. The molecule has 37 heavy (non-hydrogen) atoms. The molecule has 0 radical (unpaired) electrons. The Morgan fingerprint density at radius 3 is 2.14 bits per heavy atom. The molecule has 1 unspecified atom stereocenters. The summed E-state index contributed by atoms with van der Waals surface area (Å²) in [5.74, 6) is 1.65. The second-order valence-electron chi connectivity index (χ2n) is 9.18. The van der Waals surface area contributed by atoms with Crippen molar-refractivity contribution in [2.24, 2.45) is 5.73 Å². The molecule has 0 saturated carbocycles. The van der Waals surface area contributed by atoms with E-state index in [1.165, 1.54) is 5.56 Å². The number of carbonyl (C=O) groups is 1. The fraction of sp³-hybridized carbons (Fsp3) is 0.387. The molecule has 0 fully saturated rings. The molecule has 0 aliphatic rings. The Balaban J connectivity index is 1.59. The maximum absolute atomic E-state index is 12.5. The monoisotopic (exact) mass is 503 g/mol. The number of nitrogens with zero attached hydrogens (tertiary/aromatic N) is 1. The van der Waals surface area contributed by atoms with E-state index in [1.54, 1.807) is 4.90 Å². The molecule has 6 heteroatoms. The molecule has 0 saturated heterocycles. The second kappa shape index (κ2) is 15.6. The van der Waals surface area contributed by atoms with Crippen LogP contribution in [0.3, 0.4) is 0 Å². The summed E-state index contributed by atoms with van der Waals surface area (Å²) in [6, 6.07) is 25.4. The topological polar surface area (TPSA) is 76.8 Å². The molecule has 0 aliphatic carbocycles. The predicted octanol–water partition coefficient (Wildman–Crippen LogP) is 6.68. The summed E-state index contributed by atoms with van der Waals surface area (Å²) in [5.41, 5.74) is 8.94. The molecule has 3 aromatic carbocycles. The number of primary amides is 1. The number of carbonyl (C=O) groups excluding carboxylic acids is 1. The number of hydrogen-bond donors (Lipinski definition) is 2. The van der Waals surface area contributed by atoms with Crippen LogP contribution in [0.2, 0.25) is 0 Å². The van der Waals surface area contributed by atoms with Crippen molar-refractivity contribution in [1.29, 1.82) is 0 Å². The van der Waals surface area contributed by atoms with Crippen LogP contribution in [0.15, 0.2) is 78.9 Å². The molecule has 0 bridgehead atoms. The fourth-order valence-electron chi connectivity index (χ4n) is 4.09. The van der Waals surface area contributed by atoms with Gasteiger partial charge in [0.25, 0.3) is 0 Å². The van der Waals surface area contributed by atoms with E-state index >= 15 is 0 Å². The lowest BCUT2D eigenvalue weighted by atomic mass is 10.1. The number of urea groups is 1. The van der Waals surface area contributed by atoms with E-state index < -0.39 is 6.03 Å². The van der Waals surface area contributed by atoms with Crippen LogP contribution >= 0.6 is 0 Å². The van der Waals surface area contributed by atoms with Gasteiger partial charge < -0.3 is 15.2 Å². The van der Waals surface area contributed by atoms with Crippen LogP contribution in [-0.4, -0.2) is 25.3 Å². The minimum Gasteiger partial charge on any atom is -0.494 e. The molecular formula is C31H41N3O3. The summed E-state index contributed by atoms with van der Waals surface area (Å²) >= 11 is 0. The van der Waals surface area contributed by atoms with E-state index in [4.69, 9.17) is 15.2 Å². The predicted molar refractivity (Wildman–Crippen MR) is 151 cm³/mol. The average molecular weight is 504 g/mol. The Morgan fingerprint density at radius 2 is 1.49 bits per heavy atom. The lowest BCUT2D eigenvalue weighted by Gasteiger charge is -2.31. The van der Waals surface area contributed by atoms with Gasteiger partial charge in [-0.3, -0.25) is 10.2 Å². The van der Waals surface area contributed by atoms with Crippen molar-refractivity contribution in [2.75, 3.05) is 18.1 Å². The minimum atomic E-state index is -0.472. The molecule has 198 valence electrons. The maximum atomic E-state index is 12.5. The molecule has 6 nitrogen and oxygen atoms in total. The number of ether oxygens (including phenoxy) is 2. The Bertz CT molecular complexity index is 1040. The number of anilines is 1. The van der Waals surface area contributed by atoms with Gasteiger partial charge in [0.15, 0.2) is 0 Å².